The summed E-state index contributed by atoms with van der Waals surface area (Å²) in [5.74, 6) is -0.574. The number of hydrogen-bond acceptors (Lipinski definition) is 5. The highest BCUT2D eigenvalue weighted by atomic mass is 19.4. The van der Waals surface area contributed by atoms with Gasteiger partial charge >= 0.3 is 11.9 Å². The van der Waals surface area contributed by atoms with E-state index >= 15 is 0 Å². The first kappa shape index (κ1) is 15.8. The summed E-state index contributed by atoms with van der Waals surface area (Å²) in [6.45, 7) is 0. The number of hydrogen-bond donors (Lipinski definition) is 2. The third-order valence-electron chi connectivity index (χ3n) is 3.34. The van der Waals surface area contributed by atoms with E-state index in [4.69, 9.17) is 5.73 Å². The zero-order valence-corrected chi connectivity index (χ0v) is 12.1. The van der Waals surface area contributed by atoms with Gasteiger partial charge in [0.1, 0.15) is 0 Å². The first-order chi connectivity index (χ1) is 11.3. The number of aromatic nitrogens is 3. The molecule has 0 fully saturated rings. The van der Waals surface area contributed by atoms with Crippen LogP contribution in [-0.2, 0) is 12.6 Å². The Morgan fingerprint density at radius 3 is 2.50 bits per heavy atom. The fraction of sp³-hybridized carbons (Fsp3) is 0.133. The number of nitrogens with one attached hydrogen (secondary N) is 1. The van der Waals surface area contributed by atoms with E-state index in [1.165, 1.54) is 18.3 Å². The number of halogens is 3. The van der Waals surface area contributed by atoms with E-state index in [0.717, 1.165) is 12.1 Å². The standard InChI is InChI=1S/C15H11F3N4O2/c16-15(17,18)9-3-1-8(2-4-9)5-12-11(6-10(19)7-20-12)13-21-14(23)24-22-13/h1-4,6-7H,5,19H2,(H,21,22,23). The maximum atomic E-state index is 12.6. The van der Waals surface area contributed by atoms with Crippen LogP contribution >= 0.6 is 0 Å². The summed E-state index contributed by atoms with van der Waals surface area (Å²) >= 11 is 0. The van der Waals surface area contributed by atoms with Gasteiger partial charge in [0.15, 0.2) is 5.82 Å². The molecule has 3 rings (SSSR count). The zero-order valence-electron chi connectivity index (χ0n) is 12.1. The molecule has 0 aliphatic heterocycles. The lowest BCUT2D eigenvalue weighted by atomic mass is 10.0. The lowest BCUT2D eigenvalue weighted by Gasteiger charge is -2.09. The number of rotatable bonds is 3. The Bertz CT molecular complexity index is 913. The summed E-state index contributed by atoms with van der Waals surface area (Å²) in [5, 5.41) is 3.59. The Morgan fingerprint density at radius 2 is 1.92 bits per heavy atom. The van der Waals surface area contributed by atoms with E-state index in [0.29, 0.717) is 22.5 Å². The van der Waals surface area contributed by atoms with Crippen molar-refractivity contribution in [2.24, 2.45) is 0 Å². The maximum Gasteiger partial charge on any atom is 0.439 e. The van der Waals surface area contributed by atoms with Gasteiger partial charge in [-0.2, -0.15) is 13.2 Å². The minimum atomic E-state index is -4.39. The van der Waals surface area contributed by atoms with Gasteiger partial charge in [0.2, 0.25) is 0 Å². The van der Waals surface area contributed by atoms with Crippen molar-refractivity contribution in [2.45, 2.75) is 12.6 Å². The van der Waals surface area contributed by atoms with Gasteiger partial charge in [0, 0.05) is 12.0 Å². The van der Waals surface area contributed by atoms with Crippen LogP contribution in [0.4, 0.5) is 18.9 Å². The highest BCUT2D eigenvalue weighted by Gasteiger charge is 2.29. The molecule has 0 spiro atoms. The van der Waals surface area contributed by atoms with Gasteiger partial charge < -0.3 is 5.73 Å². The van der Waals surface area contributed by atoms with E-state index < -0.39 is 17.5 Å². The van der Waals surface area contributed by atoms with Crippen molar-refractivity contribution in [3.63, 3.8) is 0 Å². The van der Waals surface area contributed by atoms with Crippen molar-refractivity contribution in [1.29, 1.82) is 0 Å². The quantitative estimate of drug-likeness (QED) is 0.766. The van der Waals surface area contributed by atoms with Crippen molar-refractivity contribution < 1.29 is 17.7 Å². The van der Waals surface area contributed by atoms with Crippen molar-refractivity contribution in [2.75, 3.05) is 5.73 Å². The van der Waals surface area contributed by atoms with E-state index in [9.17, 15) is 18.0 Å². The van der Waals surface area contributed by atoms with Crippen LogP contribution in [0.15, 0.2) is 45.8 Å². The molecule has 2 aromatic heterocycles. The van der Waals surface area contributed by atoms with Gasteiger partial charge in [-0.15, -0.1) is 0 Å². The van der Waals surface area contributed by atoms with E-state index in [1.807, 2.05) is 0 Å². The molecule has 0 unspecified atom stereocenters. The van der Waals surface area contributed by atoms with Crippen LogP contribution in [0.1, 0.15) is 16.8 Å². The maximum absolute atomic E-state index is 12.6. The number of anilines is 1. The molecule has 24 heavy (non-hydrogen) atoms. The molecule has 3 aromatic rings. The summed E-state index contributed by atoms with van der Waals surface area (Å²) < 4.78 is 42.3. The molecule has 0 bridgehead atoms. The summed E-state index contributed by atoms with van der Waals surface area (Å²) in [6, 6.07) is 6.31. The normalized spacial score (nSPS) is 11.6. The van der Waals surface area contributed by atoms with Crippen LogP contribution in [0, 0.1) is 0 Å². The molecule has 0 saturated carbocycles. The average Bonchev–Trinajstić information content (AvgIpc) is 2.95. The Hall–Kier alpha value is -3.10. The van der Waals surface area contributed by atoms with Crippen molar-refractivity contribution in [3.05, 3.63) is 63.9 Å². The fourth-order valence-electron chi connectivity index (χ4n) is 2.21. The number of nitrogens with zero attached hydrogens (tertiary/aromatic N) is 2. The van der Waals surface area contributed by atoms with Crippen LogP contribution in [0.2, 0.25) is 0 Å². The molecule has 0 radical (unpaired) electrons. The van der Waals surface area contributed by atoms with Crippen molar-refractivity contribution in [3.8, 4) is 11.4 Å². The minimum absolute atomic E-state index is 0.154. The van der Waals surface area contributed by atoms with Crippen molar-refractivity contribution >= 4 is 5.69 Å². The molecule has 0 saturated heterocycles. The SMILES string of the molecule is Nc1cnc(Cc2ccc(C(F)(F)F)cc2)c(-c2noc(=O)[nH]2)c1. The molecule has 0 aliphatic carbocycles. The van der Waals surface area contributed by atoms with Crippen LogP contribution in [-0.4, -0.2) is 15.1 Å². The van der Waals surface area contributed by atoms with Crippen LogP contribution in [0.3, 0.4) is 0 Å². The van der Waals surface area contributed by atoms with Gasteiger partial charge in [-0.05, 0) is 23.8 Å². The van der Waals surface area contributed by atoms with E-state index in [1.54, 1.807) is 6.07 Å². The minimum Gasteiger partial charge on any atom is -0.397 e. The number of benzene rings is 1. The molecule has 2 heterocycles. The van der Waals surface area contributed by atoms with Gasteiger partial charge in [-0.1, -0.05) is 17.3 Å². The molecular formula is C15H11F3N4O2. The number of alkyl halides is 3. The lowest BCUT2D eigenvalue weighted by Crippen LogP contribution is -2.05. The second-order valence-corrected chi connectivity index (χ2v) is 5.08. The van der Waals surface area contributed by atoms with Gasteiger partial charge in [-0.3, -0.25) is 14.5 Å². The Labute approximate surface area is 133 Å². The number of nitrogens with two attached hydrogens (primary N) is 1. The van der Waals surface area contributed by atoms with E-state index in [2.05, 4.69) is 19.6 Å². The molecule has 9 heteroatoms. The first-order valence-electron chi connectivity index (χ1n) is 6.80. The second-order valence-electron chi connectivity index (χ2n) is 5.08. The molecule has 1 aromatic carbocycles. The predicted octanol–water partition coefficient (Wildman–Crippen LogP) is 2.62. The molecule has 6 nitrogen and oxygen atoms in total. The van der Waals surface area contributed by atoms with Crippen LogP contribution < -0.4 is 11.5 Å². The summed E-state index contributed by atoms with van der Waals surface area (Å²) in [7, 11) is 0. The Morgan fingerprint density at radius 1 is 1.21 bits per heavy atom. The summed E-state index contributed by atoms with van der Waals surface area (Å²) in [5.41, 5.74) is 6.88. The first-order valence-corrected chi connectivity index (χ1v) is 6.80. The molecule has 3 N–H and O–H groups in total. The largest absolute Gasteiger partial charge is 0.439 e. The molecule has 0 amide bonds. The second kappa shape index (κ2) is 5.84. The topological polar surface area (TPSA) is 97.8 Å². The fourth-order valence-corrected chi connectivity index (χ4v) is 2.21. The lowest BCUT2D eigenvalue weighted by molar-refractivity contribution is -0.137. The number of nitrogen functional groups attached to an aromatic ring is 1. The average molecular weight is 336 g/mol. The predicted molar refractivity (Wildman–Crippen MR) is 79.0 cm³/mol. The smallest absolute Gasteiger partial charge is 0.397 e. The van der Waals surface area contributed by atoms with Gasteiger partial charge in [-0.25, -0.2) is 4.79 Å². The molecule has 0 atom stereocenters. The van der Waals surface area contributed by atoms with Crippen LogP contribution in [0.25, 0.3) is 11.4 Å². The number of pyridine rings is 1. The Balaban J connectivity index is 1.94. The van der Waals surface area contributed by atoms with E-state index in [-0.39, 0.29) is 12.2 Å². The molecule has 0 aliphatic rings. The number of aromatic amines is 1. The zero-order chi connectivity index (χ0) is 17.3. The summed E-state index contributed by atoms with van der Waals surface area (Å²) in [6.07, 6.45) is -2.73. The van der Waals surface area contributed by atoms with Gasteiger partial charge in [0.05, 0.1) is 23.1 Å². The monoisotopic (exact) mass is 336 g/mol. The highest BCUT2D eigenvalue weighted by molar-refractivity contribution is 5.63. The van der Waals surface area contributed by atoms with Crippen LogP contribution in [0.5, 0.6) is 0 Å². The summed E-state index contributed by atoms with van der Waals surface area (Å²) in [4.78, 5) is 17.7. The Kier molecular flexibility index (Phi) is 3.84. The highest BCUT2D eigenvalue weighted by Crippen LogP contribution is 2.30. The van der Waals surface area contributed by atoms with Gasteiger partial charge in [0.25, 0.3) is 0 Å². The molecular weight excluding hydrogens is 325 g/mol. The number of H-pyrrole nitrogens is 1. The molecule has 124 valence electrons. The third kappa shape index (κ3) is 3.29. The third-order valence-corrected chi connectivity index (χ3v) is 3.34. The van der Waals surface area contributed by atoms with Crippen molar-refractivity contribution in [1.82, 2.24) is 15.1 Å².